The van der Waals surface area contributed by atoms with Crippen LogP contribution in [0, 0.1) is 25.7 Å². The van der Waals surface area contributed by atoms with Crippen LogP contribution < -0.4 is 72.9 Å². The summed E-state index contributed by atoms with van der Waals surface area (Å²) in [5, 5.41) is 38.6. The number of thiazole rings is 3. The monoisotopic (exact) mass is 2050 g/mol. The fraction of sp³-hybridized carbons (Fsp3) is 0.182. The lowest BCUT2D eigenvalue weighted by atomic mass is 9.88. The van der Waals surface area contributed by atoms with E-state index in [1.165, 1.54) is 22.7 Å². The number of nitrogens with one attached hydrogen (secondary N) is 8. The highest BCUT2D eigenvalue weighted by atomic mass is 32.1. The standard InChI is InChI=1S/C28H27N5O5.2C28H23N5O4S.C26H20N4O4S/c1-17-24(18(2)32(3)31-17)19-6-9-21(10-7-19)28(26(36)29-27(37)30-28)16-33-15-20-8-11-22(14-23(20)25(33)35)38-13-5-4-12-34;2*1-37-21-11-8-19-13-33(24(34)22(19)12-21)15-28(25(35)31-27(36)32-28)20-9-6-17(7-10-20)16-2-4-18(5-3-16)23-14-38-26(29)30-23;1-34-19-8-4-17-12-30(23(31)20(17)11-19)13-26(24(32)28-25(33)29-26)18-6-2-15(3-7-18)16-5-9-21-22(10-16)35-14-27-21/h6-11,14,34H,12-13,15-16H2,1-3H3,(H2,29,30,36,37);2*2-12,14H,13,15H2,1H3,(H2,29,30)(H2,31,32,35,36);2-11,14H,12-13H2,1H3,(H2,28,29,32,33)/t3*28-;26-/m0100/s1. The molecule has 149 heavy (non-hydrogen) atoms. The number of hydrogen-bond donors (Lipinski definition) is 11. The molecule has 13 N–H and O–H groups in total. The Balaban J connectivity index is 0.000000120. The van der Waals surface area contributed by atoms with Gasteiger partial charge in [0.1, 0.15) is 36.2 Å². The Morgan fingerprint density at radius 3 is 0.987 bits per heavy atom. The predicted molar refractivity (Wildman–Crippen MR) is 556 cm³/mol. The largest absolute Gasteiger partial charge is 0.497 e. The minimum Gasteiger partial charge on any atom is -0.497 e. The highest BCUT2D eigenvalue weighted by Crippen LogP contribution is 2.43. The summed E-state index contributed by atoms with van der Waals surface area (Å²) in [6.45, 7) is 5.01. The lowest BCUT2D eigenvalue weighted by molar-refractivity contribution is -0.125. The number of carbonyl (C=O) groups excluding carboxylic acids is 12. The van der Waals surface area contributed by atoms with Crippen molar-refractivity contribution in [2.75, 3.05) is 72.2 Å². The minimum absolute atomic E-state index is 0.00652. The van der Waals surface area contributed by atoms with Crippen LogP contribution in [-0.2, 0) is 74.6 Å². The Morgan fingerprint density at radius 2 is 0.685 bits per heavy atom. The number of ether oxygens (including phenoxy) is 4. The molecule has 748 valence electrons. The molecule has 0 bridgehead atoms. The number of aromatic nitrogens is 5. The van der Waals surface area contributed by atoms with Crippen molar-refractivity contribution in [3.63, 3.8) is 0 Å². The number of amides is 16. The number of methoxy groups -OCH3 is 3. The maximum Gasteiger partial charge on any atom is 0.322 e. The molecule has 8 aliphatic heterocycles. The van der Waals surface area contributed by atoms with Crippen molar-refractivity contribution in [1.82, 2.24) is 86.9 Å². The summed E-state index contributed by atoms with van der Waals surface area (Å²) in [7, 11) is 6.52. The number of carbonyl (C=O) groups is 12. The number of rotatable bonds is 23. The van der Waals surface area contributed by atoms with E-state index in [0.717, 1.165) is 111 Å². The quantitative estimate of drug-likeness (QED) is 0.0209. The first-order valence-electron chi connectivity index (χ1n) is 46.9. The van der Waals surface area contributed by atoms with Gasteiger partial charge in [-0.05, 0) is 158 Å². The van der Waals surface area contributed by atoms with Crippen molar-refractivity contribution in [2.45, 2.75) is 62.2 Å². The third-order valence-corrected chi connectivity index (χ3v) is 29.7. The molecule has 11 aromatic carbocycles. The van der Waals surface area contributed by atoms with Gasteiger partial charge in [0, 0.05) is 88.6 Å². The Hall–Kier alpha value is -18.3. The van der Waals surface area contributed by atoms with E-state index < -0.39 is 69.9 Å². The number of anilines is 2. The third-order valence-electron chi connectivity index (χ3n) is 27.6. The molecular formula is C110H93N19O17S3. The zero-order valence-electron chi connectivity index (χ0n) is 80.7. The zero-order chi connectivity index (χ0) is 104. The van der Waals surface area contributed by atoms with E-state index in [-0.39, 0.29) is 69.6 Å². The van der Waals surface area contributed by atoms with E-state index in [2.05, 4.69) is 80.5 Å². The summed E-state index contributed by atoms with van der Waals surface area (Å²) in [5.74, 6) is 4.50. The smallest absolute Gasteiger partial charge is 0.322 e. The number of aliphatic hydroxyl groups is 1. The average molecular weight is 2050 g/mol. The molecule has 4 aromatic heterocycles. The van der Waals surface area contributed by atoms with Crippen molar-refractivity contribution >= 4 is 126 Å². The van der Waals surface area contributed by atoms with Gasteiger partial charge in [-0.15, -0.1) is 34.0 Å². The van der Waals surface area contributed by atoms with Gasteiger partial charge in [-0.2, -0.15) is 5.10 Å². The topological polar surface area (TPSA) is 480 Å². The third kappa shape index (κ3) is 18.9. The number of hydrogen-bond acceptors (Lipinski definition) is 26. The van der Waals surface area contributed by atoms with Crippen LogP contribution >= 0.6 is 34.0 Å². The molecular weight excluding hydrogens is 1960 g/mol. The van der Waals surface area contributed by atoms with Crippen molar-refractivity contribution in [1.29, 1.82) is 0 Å². The fourth-order valence-corrected chi connectivity index (χ4v) is 21.7. The van der Waals surface area contributed by atoms with E-state index in [1.807, 2.05) is 206 Å². The second kappa shape index (κ2) is 40.0. The first-order chi connectivity index (χ1) is 71.9. The van der Waals surface area contributed by atoms with Crippen molar-refractivity contribution < 1.29 is 81.6 Å². The molecule has 0 unspecified atom stereocenters. The summed E-state index contributed by atoms with van der Waals surface area (Å²) in [5.41, 5.74) is 29.7. The van der Waals surface area contributed by atoms with Gasteiger partial charge in [0.2, 0.25) is 0 Å². The van der Waals surface area contributed by atoms with Crippen LogP contribution in [0.3, 0.4) is 0 Å². The van der Waals surface area contributed by atoms with Gasteiger partial charge in [-0.1, -0.05) is 188 Å². The van der Waals surface area contributed by atoms with Gasteiger partial charge in [0.25, 0.3) is 47.3 Å². The number of fused-ring (bicyclic) bond motifs is 5. The van der Waals surface area contributed by atoms with E-state index in [1.54, 1.807) is 119 Å². The van der Waals surface area contributed by atoms with E-state index in [9.17, 15) is 57.5 Å². The maximum absolute atomic E-state index is 13.3. The molecule has 8 aliphatic rings. The molecule has 0 radical (unpaired) electrons. The van der Waals surface area contributed by atoms with Gasteiger partial charge in [0.05, 0.1) is 80.3 Å². The van der Waals surface area contributed by atoms with Crippen LogP contribution in [0.5, 0.6) is 23.0 Å². The second-order valence-electron chi connectivity index (χ2n) is 36.4. The lowest BCUT2D eigenvalue weighted by Gasteiger charge is -2.31. The number of aliphatic hydroxyl groups excluding tert-OH is 1. The molecule has 23 rings (SSSR count). The summed E-state index contributed by atoms with van der Waals surface area (Å²) in [6, 6.07) is 70.5. The van der Waals surface area contributed by atoms with Crippen LogP contribution in [0.25, 0.3) is 77.2 Å². The SMILES string of the molecule is COc1ccc2c(c1)C(=O)N(C[C@@]1(c3ccc(-c4ccc(-c5csc(N)n5)cc4)cc3)NC(=O)NC1=O)C2.COc1ccc2c(c1)C(=O)N(C[C@@]1(c3ccc(-c4ccc5ncsc5c4)cc3)NC(=O)NC1=O)C2.COc1ccc2c(c1)C(=O)N(C[C@]1(c3ccc(-c4ccc(-c5csc(N)n5)cc4)cc3)NC(=O)NC1=O)C2.Cc1nn(C)c(C)c1-c1ccc([C@]2(CN3Cc4ccc(OCC#CCO)cc4C3=O)NC(=O)NC2=O)cc1. The zero-order valence-corrected chi connectivity index (χ0v) is 83.2. The van der Waals surface area contributed by atoms with Gasteiger partial charge in [-0.25, -0.2) is 34.1 Å². The number of nitrogens with two attached hydrogens (primary N) is 2. The maximum atomic E-state index is 13.3. The summed E-state index contributed by atoms with van der Waals surface area (Å²) < 4.78 is 24.2. The van der Waals surface area contributed by atoms with Crippen LogP contribution in [0.2, 0.25) is 0 Å². The number of urea groups is 4. The van der Waals surface area contributed by atoms with Gasteiger partial charge >= 0.3 is 24.1 Å². The fourth-order valence-electron chi connectivity index (χ4n) is 19.8. The Labute approximate surface area is 863 Å². The molecule has 4 fully saturated rings. The van der Waals surface area contributed by atoms with Crippen molar-refractivity contribution in [3.05, 3.63) is 331 Å². The van der Waals surface area contributed by atoms with Gasteiger partial charge in [0.15, 0.2) is 32.4 Å². The predicted octanol–water partition coefficient (Wildman–Crippen LogP) is 12.9. The summed E-state index contributed by atoms with van der Waals surface area (Å²) >= 11 is 4.37. The molecule has 4 atom stereocenters. The van der Waals surface area contributed by atoms with Crippen molar-refractivity contribution in [3.8, 4) is 102 Å². The highest BCUT2D eigenvalue weighted by molar-refractivity contribution is 7.16. The Kier molecular flexibility index (Phi) is 26.4. The highest BCUT2D eigenvalue weighted by Gasteiger charge is 2.55. The molecule has 0 spiro atoms. The molecule has 4 saturated heterocycles. The minimum atomic E-state index is -1.44. The summed E-state index contributed by atoms with van der Waals surface area (Å²) in [4.78, 5) is 174. The normalized spacial score (nSPS) is 18.5. The first kappa shape index (κ1) is 98.1. The Morgan fingerprint density at radius 1 is 0.376 bits per heavy atom. The number of benzene rings is 11. The Bertz CT molecular complexity index is 7830. The first-order valence-corrected chi connectivity index (χ1v) is 49.5. The molecule has 39 heteroatoms. The molecule has 15 aromatic rings. The molecule has 0 aliphatic carbocycles. The molecule has 16 amide bonds. The van der Waals surface area contributed by atoms with Gasteiger partial charge in [-0.3, -0.25) is 64.3 Å². The number of imide groups is 4. The van der Waals surface area contributed by atoms with Gasteiger partial charge < -0.3 is 76.4 Å². The van der Waals surface area contributed by atoms with Crippen LogP contribution in [0.4, 0.5) is 29.4 Å². The van der Waals surface area contributed by atoms with E-state index in [0.29, 0.717) is 97.4 Å². The van der Waals surface area contributed by atoms with E-state index >= 15 is 0 Å². The number of aryl methyl sites for hydroxylation is 2. The lowest BCUT2D eigenvalue weighted by Crippen LogP contribution is -2.52. The molecule has 12 heterocycles. The van der Waals surface area contributed by atoms with Crippen LogP contribution in [0.1, 0.15) is 97.3 Å². The number of nitrogens with zero attached hydrogens (tertiary/aromatic N) is 9. The van der Waals surface area contributed by atoms with Crippen LogP contribution in [0.15, 0.2) is 253 Å². The van der Waals surface area contributed by atoms with E-state index in [4.69, 9.17) is 35.5 Å². The molecule has 0 saturated carbocycles. The molecule has 36 nitrogen and oxygen atoms in total. The number of nitrogen functional groups attached to an aromatic ring is 2. The van der Waals surface area contributed by atoms with Crippen LogP contribution in [-0.4, -0.2) is 182 Å². The summed E-state index contributed by atoms with van der Waals surface area (Å²) in [6.07, 6.45) is 0. The van der Waals surface area contributed by atoms with Crippen molar-refractivity contribution in [2.24, 2.45) is 7.05 Å². The average Bonchev–Trinajstić information content (AvgIpc) is 1.61. The second-order valence-corrected chi connectivity index (χ2v) is 39.1.